The first-order valence-corrected chi connectivity index (χ1v) is 9.51. The zero-order valence-corrected chi connectivity index (χ0v) is 17.0. The number of amides is 1. The smallest absolute Gasteiger partial charge is 0.254 e. The first-order valence-electron chi connectivity index (χ1n) is 9.51. The summed E-state index contributed by atoms with van der Waals surface area (Å²) in [5.74, 6) is 6.23. The van der Waals surface area contributed by atoms with E-state index in [4.69, 9.17) is 5.84 Å². The molecule has 6 nitrogen and oxygen atoms in total. The Morgan fingerprint density at radius 2 is 1.73 bits per heavy atom. The monoisotopic (exact) mass is 400 g/mol. The average Bonchev–Trinajstić information content (AvgIpc) is 2.79. The molecule has 0 saturated carbocycles. The van der Waals surface area contributed by atoms with Crippen LogP contribution >= 0.6 is 0 Å². The number of hydrogen-bond acceptors (Lipinski definition) is 5. The molecule has 0 saturated heterocycles. The normalized spacial score (nSPS) is 11.1. The number of hydrazine groups is 1. The second kappa shape index (κ2) is 9.62. The molecular formula is C24H24N4O2. The van der Waals surface area contributed by atoms with Gasteiger partial charge in [-0.25, -0.2) is 5.84 Å². The van der Waals surface area contributed by atoms with Crippen LogP contribution in [0.4, 0.5) is 5.69 Å². The van der Waals surface area contributed by atoms with Gasteiger partial charge in [-0.3, -0.25) is 19.6 Å². The number of aromatic nitrogens is 1. The topological polar surface area (TPSA) is 79.5 Å². The van der Waals surface area contributed by atoms with E-state index < -0.39 is 0 Å². The number of nitrogens with two attached hydrogens (primary N) is 1. The Morgan fingerprint density at radius 3 is 2.37 bits per heavy atom. The van der Waals surface area contributed by atoms with Gasteiger partial charge < -0.3 is 4.90 Å². The summed E-state index contributed by atoms with van der Waals surface area (Å²) in [6.45, 7) is 0. The number of nitrogens with zero attached hydrogens (tertiary/aromatic N) is 3. The van der Waals surface area contributed by atoms with E-state index in [1.54, 1.807) is 43.6 Å². The van der Waals surface area contributed by atoms with E-state index in [1.807, 2.05) is 54.6 Å². The lowest BCUT2D eigenvalue weighted by atomic mass is 10.0. The molecule has 0 atom stereocenters. The van der Waals surface area contributed by atoms with Gasteiger partial charge >= 0.3 is 0 Å². The van der Waals surface area contributed by atoms with Crippen molar-refractivity contribution in [1.29, 1.82) is 0 Å². The number of rotatable bonds is 7. The van der Waals surface area contributed by atoms with E-state index in [-0.39, 0.29) is 5.91 Å². The molecular weight excluding hydrogens is 376 g/mol. The van der Waals surface area contributed by atoms with Gasteiger partial charge in [-0.05, 0) is 42.3 Å². The van der Waals surface area contributed by atoms with Gasteiger partial charge in [0.15, 0.2) is 6.29 Å². The van der Waals surface area contributed by atoms with E-state index in [2.05, 4.69) is 4.98 Å². The number of hydrogen-bond donors (Lipinski definition) is 1. The molecule has 30 heavy (non-hydrogen) atoms. The lowest BCUT2D eigenvalue weighted by Crippen LogP contribution is -2.29. The van der Waals surface area contributed by atoms with Crippen LogP contribution in [0.3, 0.4) is 0 Å². The van der Waals surface area contributed by atoms with Crippen LogP contribution < -0.4 is 10.9 Å². The third-order valence-corrected chi connectivity index (χ3v) is 4.68. The second-order valence-electron chi connectivity index (χ2n) is 6.97. The lowest BCUT2D eigenvalue weighted by Gasteiger charge is -2.22. The summed E-state index contributed by atoms with van der Waals surface area (Å²) in [7, 11) is 3.33. The molecule has 3 rings (SSSR count). The van der Waals surface area contributed by atoms with Crippen molar-refractivity contribution in [3.8, 4) is 0 Å². The van der Waals surface area contributed by atoms with Gasteiger partial charge in [-0.2, -0.15) is 0 Å². The summed E-state index contributed by atoms with van der Waals surface area (Å²) >= 11 is 0. The minimum absolute atomic E-state index is 0.206. The molecule has 6 heteroatoms. The summed E-state index contributed by atoms with van der Waals surface area (Å²) in [6, 6.07) is 18.7. The van der Waals surface area contributed by atoms with Gasteiger partial charge in [0.2, 0.25) is 0 Å². The Hall–Kier alpha value is -3.77. The maximum absolute atomic E-state index is 12.4. The second-order valence-corrected chi connectivity index (χ2v) is 6.97. The highest BCUT2D eigenvalue weighted by molar-refractivity contribution is 6.01. The Balaban J connectivity index is 1.98. The largest absolute Gasteiger partial charge is 0.345 e. The third kappa shape index (κ3) is 4.79. The fourth-order valence-electron chi connectivity index (χ4n) is 3.08. The number of aldehydes is 1. The highest BCUT2D eigenvalue weighted by Crippen LogP contribution is 2.24. The maximum atomic E-state index is 12.4. The Kier molecular flexibility index (Phi) is 6.72. The van der Waals surface area contributed by atoms with E-state index in [0.29, 0.717) is 23.8 Å². The molecule has 3 aromatic rings. The number of pyridine rings is 1. The summed E-state index contributed by atoms with van der Waals surface area (Å²) < 4.78 is 0. The molecule has 2 N–H and O–H groups in total. The van der Waals surface area contributed by atoms with Crippen LogP contribution in [-0.2, 0) is 6.42 Å². The Bertz CT molecular complexity index is 1050. The van der Waals surface area contributed by atoms with E-state index in [0.717, 1.165) is 22.5 Å². The zero-order valence-electron chi connectivity index (χ0n) is 17.0. The summed E-state index contributed by atoms with van der Waals surface area (Å²) in [5, 5.41) is 1.63. The van der Waals surface area contributed by atoms with Crippen molar-refractivity contribution in [3.63, 3.8) is 0 Å². The van der Waals surface area contributed by atoms with Gasteiger partial charge in [-0.1, -0.05) is 36.4 Å². The van der Waals surface area contributed by atoms with Gasteiger partial charge in [0.25, 0.3) is 5.91 Å². The van der Waals surface area contributed by atoms with E-state index >= 15 is 0 Å². The summed E-state index contributed by atoms with van der Waals surface area (Å²) in [4.78, 5) is 29.3. The van der Waals surface area contributed by atoms with Crippen molar-refractivity contribution in [1.82, 2.24) is 9.88 Å². The van der Waals surface area contributed by atoms with E-state index in [9.17, 15) is 9.59 Å². The van der Waals surface area contributed by atoms with Crippen molar-refractivity contribution in [2.75, 3.05) is 19.1 Å². The minimum Gasteiger partial charge on any atom is -0.345 e. The molecule has 2 aromatic carbocycles. The van der Waals surface area contributed by atoms with Crippen LogP contribution in [0.5, 0.6) is 0 Å². The van der Waals surface area contributed by atoms with Gasteiger partial charge in [0.1, 0.15) is 0 Å². The first-order chi connectivity index (χ1) is 14.5. The minimum atomic E-state index is -0.206. The fraction of sp³-hybridized carbons (Fsp3) is 0.125. The molecule has 0 bridgehead atoms. The highest BCUT2D eigenvalue weighted by atomic mass is 16.2. The van der Waals surface area contributed by atoms with Crippen LogP contribution in [0.2, 0.25) is 0 Å². The van der Waals surface area contributed by atoms with Crippen molar-refractivity contribution >= 4 is 23.6 Å². The van der Waals surface area contributed by atoms with E-state index in [1.165, 1.54) is 4.90 Å². The molecule has 1 heterocycles. The lowest BCUT2D eigenvalue weighted by molar-refractivity contribution is 0.0824. The Labute approximate surface area is 176 Å². The number of carbonyl (C=O) groups excluding carboxylic acids is 2. The van der Waals surface area contributed by atoms with Gasteiger partial charge in [0.05, 0.1) is 16.9 Å². The maximum Gasteiger partial charge on any atom is 0.254 e. The van der Waals surface area contributed by atoms with Crippen LogP contribution in [-0.4, -0.2) is 36.2 Å². The summed E-state index contributed by atoms with van der Waals surface area (Å²) in [5.41, 5.74) is 4.24. The molecule has 0 radical (unpaired) electrons. The number of benzene rings is 2. The van der Waals surface area contributed by atoms with Gasteiger partial charge in [-0.15, -0.1) is 0 Å². The Morgan fingerprint density at radius 1 is 1.03 bits per heavy atom. The molecule has 0 aliphatic carbocycles. The average molecular weight is 400 g/mol. The van der Waals surface area contributed by atoms with Crippen molar-refractivity contribution in [2.24, 2.45) is 5.84 Å². The van der Waals surface area contributed by atoms with Crippen molar-refractivity contribution in [3.05, 3.63) is 101 Å². The van der Waals surface area contributed by atoms with Crippen LogP contribution in [0.1, 0.15) is 31.8 Å². The fourth-order valence-corrected chi connectivity index (χ4v) is 3.08. The SMILES string of the molecule is CN(C)C(=O)c1cc(C/C=C(/c2ccncc2)N(N)c2ccccc2)ccc1C=O. The highest BCUT2D eigenvalue weighted by Gasteiger charge is 2.15. The molecule has 0 aliphatic heterocycles. The number of allylic oxidation sites excluding steroid dienone is 1. The molecule has 0 fully saturated rings. The molecule has 1 aromatic heterocycles. The predicted octanol–water partition coefficient (Wildman–Crippen LogP) is 3.56. The van der Waals surface area contributed by atoms with Crippen molar-refractivity contribution < 1.29 is 9.59 Å². The molecule has 0 unspecified atom stereocenters. The molecule has 0 spiro atoms. The summed E-state index contributed by atoms with van der Waals surface area (Å²) in [6.07, 6.45) is 6.67. The first kappa shape index (κ1) is 21.0. The van der Waals surface area contributed by atoms with Gasteiger partial charge in [0, 0.05) is 37.6 Å². The van der Waals surface area contributed by atoms with Crippen molar-refractivity contribution in [2.45, 2.75) is 6.42 Å². The van der Waals surface area contributed by atoms with Crippen LogP contribution in [0.15, 0.2) is 79.1 Å². The quantitative estimate of drug-likeness (QED) is 0.373. The molecule has 1 amide bonds. The molecule has 152 valence electrons. The number of para-hydroxylation sites is 1. The predicted molar refractivity (Wildman–Crippen MR) is 119 cm³/mol. The molecule has 0 aliphatic rings. The zero-order chi connectivity index (χ0) is 21.5. The van der Waals surface area contributed by atoms with Crippen LogP contribution in [0.25, 0.3) is 5.70 Å². The third-order valence-electron chi connectivity index (χ3n) is 4.68. The number of anilines is 1. The standard InChI is InChI=1S/C24H24N4O2/c1-27(2)24(30)22-16-18(8-10-20(22)17-29)9-11-23(19-12-14-26-15-13-19)28(25)21-6-4-3-5-7-21/h3-8,10-17H,9,25H2,1-2H3/b23-11-. The van der Waals surface area contributed by atoms with Crippen LogP contribution in [0, 0.1) is 0 Å². The number of carbonyl (C=O) groups is 2.